The van der Waals surface area contributed by atoms with Crippen molar-refractivity contribution in [3.05, 3.63) is 103 Å². The van der Waals surface area contributed by atoms with E-state index in [1.54, 1.807) is 11.8 Å². The second-order valence-electron chi connectivity index (χ2n) is 7.33. The number of fused-ring (bicyclic) bond motifs is 1. The molecule has 5 rings (SSSR count). The number of anilines is 1. The third kappa shape index (κ3) is 3.62. The van der Waals surface area contributed by atoms with E-state index in [9.17, 15) is 0 Å². The smallest absolute Gasteiger partial charge is 0.101 e. The second-order valence-corrected chi connectivity index (χ2v) is 8.42. The Balaban J connectivity index is 1.57. The topological polar surface area (TPSA) is 32.8 Å². The van der Waals surface area contributed by atoms with Crippen LogP contribution in [0.1, 0.15) is 5.56 Å². The van der Waals surface area contributed by atoms with Gasteiger partial charge in [-0.15, -0.1) is 0 Å². The molecule has 0 saturated carbocycles. The zero-order valence-corrected chi connectivity index (χ0v) is 17.6. The van der Waals surface area contributed by atoms with Crippen molar-refractivity contribution in [2.24, 2.45) is 7.05 Å². The maximum Gasteiger partial charge on any atom is 0.101 e. The number of hydrogen-bond acceptors (Lipinski definition) is 2. The first-order valence-electron chi connectivity index (χ1n) is 10.1. The first-order chi connectivity index (χ1) is 14.8. The van der Waals surface area contributed by atoms with Crippen LogP contribution in [0.3, 0.4) is 0 Å². The van der Waals surface area contributed by atoms with Crippen molar-refractivity contribution >= 4 is 28.4 Å². The summed E-state index contributed by atoms with van der Waals surface area (Å²) in [6.07, 6.45) is 4.35. The van der Waals surface area contributed by atoms with Crippen LogP contribution in [0.4, 0.5) is 5.69 Å². The molecule has 2 heterocycles. The molecule has 0 aliphatic rings. The summed E-state index contributed by atoms with van der Waals surface area (Å²) in [6.45, 7) is 0.777. The minimum absolute atomic E-state index is 0.777. The van der Waals surface area contributed by atoms with Crippen molar-refractivity contribution < 1.29 is 0 Å². The van der Waals surface area contributed by atoms with Gasteiger partial charge in [0, 0.05) is 52.9 Å². The van der Waals surface area contributed by atoms with Crippen molar-refractivity contribution in [1.29, 1.82) is 0 Å². The molecule has 0 fully saturated rings. The Morgan fingerprint density at radius 3 is 2.33 bits per heavy atom. The molecule has 0 amide bonds. The number of H-pyrrole nitrogens is 1. The summed E-state index contributed by atoms with van der Waals surface area (Å²) in [5.41, 5.74) is 6.07. The molecule has 148 valence electrons. The molecule has 0 unspecified atom stereocenters. The number of nitrogens with zero attached hydrogens (tertiary/aromatic N) is 1. The molecule has 2 N–H and O–H groups in total. The average molecular weight is 410 g/mol. The van der Waals surface area contributed by atoms with Gasteiger partial charge >= 0.3 is 0 Å². The van der Waals surface area contributed by atoms with Crippen LogP contribution in [0.15, 0.2) is 107 Å². The molecule has 3 nitrogen and oxygen atoms in total. The Hall–Kier alpha value is -3.37. The second kappa shape index (κ2) is 8.17. The van der Waals surface area contributed by atoms with Crippen molar-refractivity contribution in [1.82, 2.24) is 9.55 Å². The molecule has 4 heteroatoms. The molecule has 0 aliphatic carbocycles. The average Bonchev–Trinajstić information content (AvgIpc) is 3.34. The highest BCUT2D eigenvalue weighted by molar-refractivity contribution is 7.99. The van der Waals surface area contributed by atoms with Gasteiger partial charge in [-0.3, -0.25) is 0 Å². The minimum atomic E-state index is 0.777. The first-order valence-corrected chi connectivity index (χ1v) is 10.9. The van der Waals surface area contributed by atoms with Crippen LogP contribution in [0.25, 0.3) is 22.0 Å². The van der Waals surface area contributed by atoms with Gasteiger partial charge in [0.05, 0.1) is 5.69 Å². The van der Waals surface area contributed by atoms with E-state index in [1.165, 1.54) is 32.5 Å². The molecule has 2 aromatic heterocycles. The Labute approximate surface area is 180 Å². The molecule has 0 spiro atoms. The maximum atomic E-state index is 3.71. The lowest BCUT2D eigenvalue weighted by atomic mass is 10.1. The highest BCUT2D eigenvalue weighted by Crippen LogP contribution is 2.42. The third-order valence-electron chi connectivity index (χ3n) is 5.31. The number of para-hydroxylation sites is 1. The SMILES string of the molecule is Cn1cc(-c2c[nH]c(Sc3ccccc3)c2NCc2ccccc2)c2ccccc21. The Morgan fingerprint density at radius 1 is 0.833 bits per heavy atom. The summed E-state index contributed by atoms with van der Waals surface area (Å²) in [4.78, 5) is 4.74. The quantitative estimate of drug-likeness (QED) is 0.318. The van der Waals surface area contributed by atoms with Gasteiger partial charge in [0.15, 0.2) is 0 Å². The zero-order chi connectivity index (χ0) is 20.3. The lowest BCUT2D eigenvalue weighted by Gasteiger charge is -2.11. The Bertz CT molecular complexity index is 1270. The number of aryl methyl sites for hydroxylation is 1. The number of rotatable bonds is 6. The van der Waals surface area contributed by atoms with E-state index in [1.807, 2.05) is 0 Å². The van der Waals surface area contributed by atoms with Crippen LogP contribution in [-0.2, 0) is 13.6 Å². The van der Waals surface area contributed by atoms with Crippen LogP contribution in [0.2, 0.25) is 0 Å². The van der Waals surface area contributed by atoms with Gasteiger partial charge in [0.2, 0.25) is 0 Å². The van der Waals surface area contributed by atoms with Crippen molar-refractivity contribution in [3.8, 4) is 11.1 Å². The van der Waals surface area contributed by atoms with Gasteiger partial charge in [-0.1, -0.05) is 78.5 Å². The summed E-state index contributed by atoms with van der Waals surface area (Å²) in [5.74, 6) is 0. The van der Waals surface area contributed by atoms with Gasteiger partial charge in [0.25, 0.3) is 0 Å². The van der Waals surface area contributed by atoms with Crippen LogP contribution >= 0.6 is 11.8 Å². The third-order valence-corrected chi connectivity index (χ3v) is 6.34. The van der Waals surface area contributed by atoms with Gasteiger partial charge < -0.3 is 14.9 Å². The lowest BCUT2D eigenvalue weighted by molar-refractivity contribution is 0.970. The van der Waals surface area contributed by atoms with Crippen LogP contribution in [0.5, 0.6) is 0 Å². The number of aromatic amines is 1. The summed E-state index contributed by atoms with van der Waals surface area (Å²) in [6, 6.07) is 29.6. The van der Waals surface area contributed by atoms with E-state index in [-0.39, 0.29) is 0 Å². The number of hydrogen-bond donors (Lipinski definition) is 2. The van der Waals surface area contributed by atoms with Gasteiger partial charge in [-0.05, 0) is 23.8 Å². The van der Waals surface area contributed by atoms with Crippen LogP contribution < -0.4 is 5.32 Å². The van der Waals surface area contributed by atoms with Gasteiger partial charge in [0.1, 0.15) is 5.03 Å². The molecule has 0 radical (unpaired) electrons. The monoisotopic (exact) mass is 409 g/mol. The first kappa shape index (κ1) is 18.6. The molecule has 5 aromatic rings. The van der Waals surface area contributed by atoms with E-state index in [0.717, 1.165) is 17.3 Å². The fourth-order valence-corrected chi connectivity index (χ4v) is 4.75. The van der Waals surface area contributed by atoms with Gasteiger partial charge in [-0.2, -0.15) is 0 Å². The maximum absolute atomic E-state index is 3.71. The van der Waals surface area contributed by atoms with Crippen LogP contribution in [-0.4, -0.2) is 9.55 Å². The highest BCUT2D eigenvalue weighted by atomic mass is 32.2. The fourth-order valence-electron chi connectivity index (χ4n) is 3.82. The zero-order valence-electron chi connectivity index (χ0n) is 16.8. The van der Waals surface area contributed by atoms with Crippen molar-refractivity contribution in [2.45, 2.75) is 16.5 Å². The molecule has 30 heavy (non-hydrogen) atoms. The van der Waals surface area contributed by atoms with E-state index in [0.29, 0.717) is 0 Å². The molecule has 3 aromatic carbocycles. The summed E-state index contributed by atoms with van der Waals surface area (Å²) >= 11 is 1.75. The molecular formula is C26H23N3S. The normalized spacial score (nSPS) is 11.1. The number of aromatic nitrogens is 2. The predicted molar refractivity (Wildman–Crippen MR) is 127 cm³/mol. The molecule has 0 atom stereocenters. The molecular weight excluding hydrogens is 386 g/mol. The Kier molecular flexibility index (Phi) is 5.08. The van der Waals surface area contributed by atoms with Crippen molar-refractivity contribution in [2.75, 3.05) is 5.32 Å². The van der Waals surface area contributed by atoms with E-state index in [2.05, 4.69) is 119 Å². The molecule has 0 saturated heterocycles. The minimum Gasteiger partial charge on any atom is -0.378 e. The summed E-state index contributed by atoms with van der Waals surface area (Å²) < 4.78 is 2.20. The lowest BCUT2D eigenvalue weighted by Crippen LogP contribution is -2.00. The van der Waals surface area contributed by atoms with Crippen molar-refractivity contribution in [3.63, 3.8) is 0 Å². The largest absolute Gasteiger partial charge is 0.378 e. The highest BCUT2D eigenvalue weighted by Gasteiger charge is 2.17. The number of benzene rings is 3. The van der Waals surface area contributed by atoms with Crippen LogP contribution in [0, 0.1) is 0 Å². The van der Waals surface area contributed by atoms with E-state index >= 15 is 0 Å². The fraction of sp³-hybridized carbons (Fsp3) is 0.0769. The standard InChI is InChI=1S/C26H23N3S/c1-29-18-23(21-14-8-9-15-24(21)29)22-17-28-26(30-20-12-6-3-7-13-20)25(22)27-16-19-10-4-2-5-11-19/h2-15,17-18,27-28H,16H2,1H3. The van der Waals surface area contributed by atoms with E-state index < -0.39 is 0 Å². The van der Waals surface area contributed by atoms with E-state index in [4.69, 9.17) is 0 Å². The molecule has 0 aliphatic heterocycles. The molecule has 0 bridgehead atoms. The Morgan fingerprint density at radius 2 is 1.53 bits per heavy atom. The number of nitrogens with one attached hydrogen (secondary N) is 2. The van der Waals surface area contributed by atoms with Gasteiger partial charge in [-0.25, -0.2) is 0 Å². The summed E-state index contributed by atoms with van der Waals surface area (Å²) in [5, 5.41) is 6.10. The summed E-state index contributed by atoms with van der Waals surface area (Å²) in [7, 11) is 2.11. The predicted octanol–water partition coefficient (Wildman–Crippen LogP) is 6.94.